The molecule has 1 amide bonds. The van der Waals surface area contributed by atoms with Gasteiger partial charge in [0.25, 0.3) is 0 Å². The first kappa shape index (κ1) is 15.4. The number of likely N-dealkylation sites (tertiary alicyclic amines) is 1. The first-order valence-electron chi connectivity index (χ1n) is 7.21. The minimum atomic E-state index is 0.247. The second-order valence-electron chi connectivity index (χ2n) is 5.80. The Morgan fingerprint density at radius 2 is 2.22 bits per heavy atom. The number of nitrogens with two attached hydrogens (primary N) is 1. The van der Waals surface area contributed by atoms with Gasteiger partial charge in [-0.05, 0) is 37.8 Å². The molecule has 1 aliphatic rings. The molecular formula is C14H29N3O. The van der Waals surface area contributed by atoms with Gasteiger partial charge < -0.3 is 15.5 Å². The number of hydrogen-bond acceptors (Lipinski definition) is 3. The molecule has 4 nitrogen and oxygen atoms in total. The Morgan fingerprint density at radius 3 is 2.78 bits per heavy atom. The zero-order chi connectivity index (χ0) is 13.5. The Kier molecular flexibility index (Phi) is 6.65. The molecule has 106 valence electrons. The highest BCUT2D eigenvalue weighted by molar-refractivity contribution is 5.76. The summed E-state index contributed by atoms with van der Waals surface area (Å²) < 4.78 is 0. The molecule has 1 heterocycles. The van der Waals surface area contributed by atoms with E-state index < -0.39 is 0 Å². The fourth-order valence-electron chi connectivity index (χ4n) is 2.51. The van der Waals surface area contributed by atoms with Crippen molar-refractivity contribution in [2.75, 3.05) is 39.8 Å². The van der Waals surface area contributed by atoms with Crippen molar-refractivity contribution in [3.8, 4) is 0 Å². The normalized spacial score (nSPS) is 20.6. The Hall–Kier alpha value is -0.610. The quantitative estimate of drug-likeness (QED) is 0.743. The molecule has 0 radical (unpaired) electrons. The van der Waals surface area contributed by atoms with Gasteiger partial charge in [-0.25, -0.2) is 0 Å². The van der Waals surface area contributed by atoms with Crippen LogP contribution in [0.3, 0.4) is 0 Å². The Balaban J connectivity index is 2.19. The first-order valence-corrected chi connectivity index (χ1v) is 7.21. The maximum atomic E-state index is 11.9. The summed E-state index contributed by atoms with van der Waals surface area (Å²) in [4.78, 5) is 16.1. The van der Waals surface area contributed by atoms with Crippen molar-refractivity contribution in [1.29, 1.82) is 0 Å². The monoisotopic (exact) mass is 255 g/mol. The van der Waals surface area contributed by atoms with E-state index in [0.717, 1.165) is 44.4 Å². The lowest BCUT2D eigenvalue weighted by atomic mass is 9.95. The lowest BCUT2D eigenvalue weighted by Gasteiger charge is -2.20. The van der Waals surface area contributed by atoms with Crippen LogP contribution in [0.25, 0.3) is 0 Å². The van der Waals surface area contributed by atoms with Crippen LogP contribution in [-0.4, -0.2) is 55.5 Å². The lowest BCUT2D eigenvalue weighted by Crippen LogP contribution is -2.32. The minimum Gasteiger partial charge on any atom is -0.346 e. The first-order chi connectivity index (χ1) is 8.54. The molecule has 18 heavy (non-hydrogen) atoms. The molecule has 1 rings (SSSR count). The highest BCUT2D eigenvalue weighted by Crippen LogP contribution is 2.23. The molecule has 1 atom stereocenters. The fourth-order valence-corrected chi connectivity index (χ4v) is 2.51. The zero-order valence-corrected chi connectivity index (χ0v) is 12.2. The average Bonchev–Trinajstić information content (AvgIpc) is 2.81. The van der Waals surface area contributed by atoms with Crippen LogP contribution in [0.2, 0.25) is 0 Å². The molecule has 1 saturated heterocycles. The van der Waals surface area contributed by atoms with E-state index in [-0.39, 0.29) is 5.91 Å². The highest BCUT2D eigenvalue weighted by Gasteiger charge is 2.25. The predicted molar refractivity (Wildman–Crippen MR) is 75.3 cm³/mol. The van der Waals surface area contributed by atoms with Gasteiger partial charge in [-0.2, -0.15) is 0 Å². The van der Waals surface area contributed by atoms with E-state index in [1.54, 1.807) is 0 Å². The summed E-state index contributed by atoms with van der Waals surface area (Å²) in [5.74, 6) is 1.82. The Labute approximate surface area is 111 Å². The minimum absolute atomic E-state index is 0.247. The smallest absolute Gasteiger partial charge is 0.223 e. The molecule has 0 saturated carbocycles. The van der Waals surface area contributed by atoms with E-state index in [1.807, 2.05) is 11.9 Å². The van der Waals surface area contributed by atoms with Gasteiger partial charge >= 0.3 is 0 Å². The molecular weight excluding hydrogens is 226 g/mol. The summed E-state index contributed by atoms with van der Waals surface area (Å²) in [6.07, 6.45) is 2.82. The Bertz CT molecular complexity index is 255. The van der Waals surface area contributed by atoms with Crippen molar-refractivity contribution < 1.29 is 4.79 Å². The van der Waals surface area contributed by atoms with Crippen molar-refractivity contribution in [2.24, 2.45) is 17.6 Å². The SMILES string of the molecule is CC(C)C1CCN(CCC(=O)N(C)CCCN)C1. The van der Waals surface area contributed by atoms with Crippen LogP contribution in [0.5, 0.6) is 0 Å². The zero-order valence-electron chi connectivity index (χ0n) is 12.2. The number of hydrogen-bond donors (Lipinski definition) is 1. The van der Waals surface area contributed by atoms with Gasteiger partial charge in [0.15, 0.2) is 0 Å². The lowest BCUT2D eigenvalue weighted by molar-refractivity contribution is -0.130. The highest BCUT2D eigenvalue weighted by atomic mass is 16.2. The second kappa shape index (κ2) is 7.74. The van der Waals surface area contributed by atoms with Gasteiger partial charge in [-0.3, -0.25) is 4.79 Å². The summed E-state index contributed by atoms with van der Waals surface area (Å²) in [5.41, 5.74) is 5.45. The molecule has 1 unspecified atom stereocenters. The maximum absolute atomic E-state index is 11.9. The van der Waals surface area contributed by atoms with E-state index in [0.29, 0.717) is 13.0 Å². The molecule has 1 fully saturated rings. The van der Waals surface area contributed by atoms with Gasteiger partial charge in [0.1, 0.15) is 0 Å². The summed E-state index contributed by atoms with van der Waals surface area (Å²) in [6.45, 7) is 9.25. The topological polar surface area (TPSA) is 49.6 Å². The molecule has 0 aromatic heterocycles. The molecule has 1 aliphatic heterocycles. The Morgan fingerprint density at radius 1 is 1.50 bits per heavy atom. The third-order valence-corrected chi connectivity index (χ3v) is 4.02. The van der Waals surface area contributed by atoms with Crippen molar-refractivity contribution in [2.45, 2.75) is 33.1 Å². The van der Waals surface area contributed by atoms with Gasteiger partial charge in [0.05, 0.1) is 0 Å². The molecule has 0 bridgehead atoms. The van der Waals surface area contributed by atoms with Crippen LogP contribution in [0, 0.1) is 11.8 Å². The summed E-state index contributed by atoms with van der Waals surface area (Å²) in [6, 6.07) is 0. The fraction of sp³-hybridized carbons (Fsp3) is 0.929. The van der Waals surface area contributed by atoms with Crippen molar-refractivity contribution in [1.82, 2.24) is 9.80 Å². The second-order valence-corrected chi connectivity index (χ2v) is 5.80. The summed E-state index contributed by atoms with van der Waals surface area (Å²) in [7, 11) is 1.87. The van der Waals surface area contributed by atoms with E-state index in [9.17, 15) is 4.79 Å². The third kappa shape index (κ3) is 4.94. The molecule has 0 aromatic carbocycles. The van der Waals surface area contributed by atoms with Crippen LogP contribution in [0.1, 0.15) is 33.1 Å². The average molecular weight is 255 g/mol. The predicted octanol–water partition coefficient (Wildman–Crippen LogP) is 1.16. The molecule has 0 aliphatic carbocycles. The van der Waals surface area contributed by atoms with Crippen LogP contribution in [0.4, 0.5) is 0 Å². The van der Waals surface area contributed by atoms with Crippen LogP contribution >= 0.6 is 0 Å². The largest absolute Gasteiger partial charge is 0.346 e. The van der Waals surface area contributed by atoms with Gasteiger partial charge in [-0.1, -0.05) is 13.8 Å². The van der Waals surface area contributed by atoms with E-state index in [2.05, 4.69) is 18.7 Å². The number of carbonyl (C=O) groups is 1. The number of amides is 1. The van der Waals surface area contributed by atoms with E-state index >= 15 is 0 Å². The molecule has 0 aromatic rings. The summed E-state index contributed by atoms with van der Waals surface area (Å²) >= 11 is 0. The van der Waals surface area contributed by atoms with Gasteiger partial charge in [0.2, 0.25) is 5.91 Å². The number of nitrogens with zero attached hydrogens (tertiary/aromatic N) is 2. The van der Waals surface area contributed by atoms with Gasteiger partial charge in [0, 0.05) is 33.1 Å². The van der Waals surface area contributed by atoms with Crippen LogP contribution in [-0.2, 0) is 4.79 Å². The molecule has 2 N–H and O–H groups in total. The van der Waals surface area contributed by atoms with Crippen LogP contribution < -0.4 is 5.73 Å². The van der Waals surface area contributed by atoms with E-state index in [4.69, 9.17) is 5.73 Å². The van der Waals surface area contributed by atoms with Crippen molar-refractivity contribution >= 4 is 5.91 Å². The standard InChI is InChI=1S/C14H29N3O/c1-12(2)13-5-9-17(11-13)10-6-14(18)16(3)8-4-7-15/h12-13H,4-11,15H2,1-3H3. The number of rotatable bonds is 7. The molecule has 0 spiro atoms. The van der Waals surface area contributed by atoms with Crippen molar-refractivity contribution in [3.05, 3.63) is 0 Å². The van der Waals surface area contributed by atoms with Crippen molar-refractivity contribution in [3.63, 3.8) is 0 Å². The van der Waals surface area contributed by atoms with Gasteiger partial charge in [-0.15, -0.1) is 0 Å². The van der Waals surface area contributed by atoms with Crippen LogP contribution in [0.15, 0.2) is 0 Å². The summed E-state index contributed by atoms with van der Waals surface area (Å²) in [5, 5.41) is 0. The van der Waals surface area contributed by atoms with E-state index in [1.165, 1.54) is 6.42 Å². The number of carbonyl (C=O) groups excluding carboxylic acids is 1. The third-order valence-electron chi connectivity index (χ3n) is 4.02. The molecule has 4 heteroatoms. The maximum Gasteiger partial charge on any atom is 0.223 e.